The van der Waals surface area contributed by atoms with Crippen LogP contribution in [0.3, 0.4) is 0 Å². The van der Waals surface area contributed by atoms with Crippen LogP contribution in [0.25, 0.3) is 10.2 Å². The molecule has 76 valence electrons. The molecule has 0 fully saturated rings. The summed E-state index contributed by atoms with van der Waals surface area (Å²) >= 11 is 1.45. The van der Waals surface area contributed by atoms with Crippen molar-refractivity contribution in [3.8, 4) is 6.07 Å². The summed E-state index contributed by atoms with van der Waals surface area (Å²) in [6.07, 6.45) is 0. The molecule has 0 saturated carbocycles. The average Bonchev–Trinajstić information content (AvgIpc) is 2.66. The van der Waals surface area contributed by atoms with Crippen LogP contribution < -0.4 is 0 Å². The van der Waals surface area contributed by atoms with Crippen LogP contribution in [0.15, 0.2) is 0 Å². The predicted octanol–water partition coefficient (Wildman–Crippen LogP) is 2.42. The van der Waals surface area contributed by atoms with Crippen LogP contribution in [0.4, 0.5) is 0 Å². The number of hydrogen-bond donors (Lipinski definition) is 2. The number of aryl methyl sites for hydroxylation is 2. The first kappa shape index (κ1) is 9.74. The van der Waals surface area contributed by atoms with Crippen LogP contribution in [-0.2, 0) is 0 Å². The van der Waals surface area contributed by atoms with Crippen molar-refractivity contribution in [1.29, 1.82) is 5.26 Å². The number of aromatic nitrogens is 1. The Bertz CT molecular complexity index is 601. The number of carbonyl (C=O) groups is 1. The van der Waals surface area contributed by atoms with Gasteiger partial charge < -0.3 is 10.1 Å². The molecule has 0 atom stereocenters. The van der Waals surface area contributed by atoms with Gasteiger partial charge >= 0.3 is 5.97 Å². The lowest BCUT2D eigenvalue weighted by Crippen LogP contribution is -1.98. The van der Waals surface area contributed by atoms with Crippen LogP contribution in [0, 0.1) is 25.2 Å². The highest BCUT2D eigenvalue weighted by Crippen LogP contribution is 2.33. The third kappa shape index (κ3) is 1.22. The zero-order valence-electron chi connectivity index (χ0n) is 8.21. The molecule has 0 aliphatic rings. The molecule has 0 aromatic carbocycles. The molecular formula is C10H8N2O2S. The summed E-state index contributed by atoms with van der Waals surface area (Å²) in [4.78, 5) is 14.8. The Morgan fingerprint density at radius 2 is 2.20 bits per heavy atom. The van der Waals surface area contributed by atoms with Crippen molar-refractivity contribution < 1.29 is 9.90 Å². The lowest BCUT2D eigenvalue weighted by molar-refractivity contribution is 0.0691. The SMILES string of the molecule is Cc1sc2c(C#N)c(C(=O)O)[nH]c2c1C. The van der Waals surface area contributed by atoms with E-state index in [1.54, 1.807) is 0 Å². The maximum atomic E-state index is 10.9. The Hall–Kier alpha value is -1.80. The van der Waals surface area contributed by atoms with E-state index in [1.807, 2.05) is 19.9 Å². The molecule has 2 N–H and O–H groups in total. The van der Waals surface area contributed by atoms with Crippen molar-refractivity contribution in [2.75, 3.05) is 0 Å². The topological polar surface area (TPSA) is 76.9 Å². The van der Waals surface area contributed by atoms with Crippen molar-refractivity contribution in [3.05, 3.63) is 21.7 Å². The molecule has 0 amide bonds. The summed E-state index contributed by atoms with van der Waals surface area (Å²) in [5.41, 5.74) is 2.01. The van der Waals surface area contributed by atoms with E-state index in [0.717, 1.165) is 20.7 Å². The summed E-state index contributed by atoms with van der Waals surface area (Å²) in [5.74, 6) is -1.09. The van der Waals surface area contributed by atoms with Crippen molar-refractivity contribution in [1.82, 2.24) is 4.98 Å². The number of hydrogen-bond acceptors (Lipinski definition) is 3. The lowest BCUT2D eigenvalue weighted by atomic mass is 10.2. The Balaban J connectivity index is 2.89. The molecule has 0 unspecified atom stereocenters. The van der Waals surface area contributed by atoms with Gasteiger partial charge in [-0.15, -0.1) is 11.3 Å². The molecule has 0 aliphatic carbocycles. The minimum Gasteiger partial charge on any atom is -0.477 e. The first-order valence-electron chi connectivity index (χ1n) is 4.31. The van der Waals surface area contributed by atoms with Gasteiger partial charge in [0.1, 0.15) is 17.3 Å². The van der Waals surface area contributed by atoms with E-state index in [0.29, 0.717) is 0 Å². The monoisotopic (exact) mass is 220 g/mol. The maximum Gasteiger partial charge on any atom is 0.353 e. The van der Waals surface area contributed by atoms with Gasteiger partial charge in [0.05, 0.1) is 10.2 Å². The minimum absolute atomic E-state index is 0.0122. The third-order valence-electron chi connectivity index (χ3n) is 2.44. The van der Waals surface area contributed by atoms with Gasteiger partial charge in [0.2, 0.25) is 0 Å². The number of nitrogens with one attached hydrogen (secondary N) is 1. The summed E-state index contributed by atoms with van der Waals surface area (Å²) in [7, 11) is 0. The van der Waals surface area contributed by atoms with E-state index in [9.17, 15) is 4.79 Å². The predicted molar refractivity (Wildman–Crippen MR) is 57.3 cm³/mol. The van der Waals surface area contributed by atoms with Crippen LogP contribution in [-0.4, -0.2) is 16.1 Å². The van der Waals surface area contributed by atoms with Crippen molar-refractivity contribution >= 4 is 27.5 Å². The molecule has 2 rings (SSSR count). The molecule has 0 aliphatic heterocycles. The largest absolute Gasteiger partial charge is 0.477 e. The molecular weight excluding hydrogens is 212 g/mol. The van der Waals surface area contributed by atoms with Crippen LogP contribution in [0.1, 0.15) is 26.5 Å². The summed E-state index contributed by atoms with van der Waals surface area (Å²) in [6.45, 7) is 3.87. The number of H-pyrrole nitrogens is 1. The summed E-state index contributed by atoms with van der Waals surface area (Å²) in [6, 6.07) is 1.94. The van der Waals surface area contributed by atoms with E-state index in [1.165, 1.54) is 11.3 Å². The van der Waals surface area contributed by atoms with Crippen molar-refractivity contribution in [2.45, 2.75) is 13.8 Å². The smallest absolute Gasteiger partial charge is 0.353 e. The van der Waals surface area contributed by atoms with Crippen molar-refractivity contribution in [3.63, 3.8) is 0 Å². The van der Waals surface area contributed by atoms with Gasteiger partial charge in [-0.1, -0.05) is 0 Å². The second-order valence-corrected chi connectivity index (χ2v) is 4.50. The van der Waals surface area contributed by atoms with Gasteiger partial charge in [-0.3, -0.25) is 0 Å². The first-order chi connectivity index (χ1) is 7.06. The number of carboxylic acid groups (broad SMARTS) is 1. The number of fused-ring (bicyclic) bond motifs is 1. The Morgan fingerprint density at radius 1 is 1.53 bits per heavy atom. The highest BCUT2D eigenvalue weighted by Gasteiger charge is 2.20. The number of carboxylic acids is 1. The van der Waals surface area contributed by atoms with Gasteiger partial charge in [0, 0.05) is 4.88 Å². The molecule has 5 heteroatoms. The van der Waals surface area contributed by atoms with Gasteiger partial charge in [-0.25, -0.2) is 4.79 Å². The van der Waals surface area contributed by atoms with E-state index in [2.05, 4.69) is 4.98 Å². The molecule has 2 aromatic rings. The second kappa shape index (κ2) is 3.11. The van der Waals surface area contributed by atoms with Gasteiger partial charge in [0.25, 0.3) is 0 Å². The summed E-state index contributed by atoms with van der Waals surface area (Å²) in [5, 5.41) is 17.8. The second-order valence-electron chi connectivity index (χ2n) is 3.28. The van der Waals surface area contributed by atoms with Crippen molar-refractivity contribution in [2.24, 2.45) is 0 Å². The zero-order chi connectivity index (χ0) is 11.2. The fourth-order valence-corrected chi connectivity index (χ4v) is 2.64. The number of thiophene rings is 1. The number of rotatable bonds is 1. The molecule has 0 saturated heterocycles. The Labute approximate surface area is 89.8 Å². The normalized spacial score (nSPS) is 10.5. The Morgan fingerprint density at radius 3 is 2.73 bits per heavy atom. The third-order valence-corrected chi connectivity index (χ3v) is 3.66. The molecule has 4 nitrogen and oxygen atoms in total. The van der Waals surface area contributed by atoms with Gasteiger partial charge in [-0.2, -0.15) is 5.26 Å². The fourth-order valence-electron chi connectivity index (χ4n) is 1.52. The lowest BCUT2D eigenvalue weighted by Gasteiger charge is -1.90. The van der Waals surface area contributed by atoms with Crippen LogP contribution >= 0.6 is 11.3 Å². The van der Waals surface area contributed by atoms with E-state index >= 15 is 0 Å². The van der Waals surface area contributed by atoms with Crippen LogP contribution in [0.2, 0.25) is 0 Å². The first-order valence-corrected chi connectivity index (χ1v) is 5.13. The molecule has 2 heterocycles. The van der Waals surface area contributed by atoms with Gasteiger partial charge in [0.15, 0.2) is 0 Å². The Kier molecular flexibility index (Phi) is 2.02. The number of aromatic carboxylic acids is 1. The maximum absolute atomic E-state index is 10.9. The van der Waals surface area contributed by atoms with E-state index in [4.69, 9.17) is 10.4 Å². The molecule has 0 spiro atoms. The molecule has 0 radical (unpaired) electrons. The number of nitriles is 1. The number of nitrogens with zero attached hydrogens (tertiary/aromatic N) is 1. The number of aromatic amines is 1. The molecule has 2 aromatic heterocycles. The van der Waals surface area contributed by atoms with Crippen LogP contribution in [0.5, 0.6) is 0 Å². The zero-order valence-corrected chi connectivity index (χ0v) is 9.03. The van der Waals surface area contributed by atoms with E-state index in [-0.39, 0.29) is 11.3 Å². The highest BCUT2D eigenvalue weighted by molar-refractivity contribution is 7.19. The standard InChI is InChI=1S/C10H8N2O2S/c1-4-5(2)15-9-6(3-11)8(10(13)14)12-7(4)9/h12H,1-2H3,(H,13,14). The minimum atomic E-state index is -1.09. The van der Waals surface area contributed by atoms with E-state index < -0.39 is 5.97 Å². The summed E-state index contributed by atoms with van der Waals surface area (Å²) < 4.78 is 0.741. The quantitative estimate of drug-likeness (QED) is 0.774. The highest BCUT2D eigenvalue weighted by atomic mass is 32.1. The fraction of sp³-hybridized carbons (Fsp3) is 0.200. The molecule has 15 heavy (non-hydrogen) atoms. The molecule has 0 bridgehead atoms. The average molecular weight is 220 g/mol. The van der Waals surface area contributed by atoms with Gasteiger partial charge in [-0.05, 0) is 19.4 Å².